The highest BCUT2D eigenvalue weighted by molar-refractivity contribution is 5.94. The molecule has 1 amide bonds. The first-order valence-corrected chi connectivity index (χ1v) is 6.33. The van der Waals surface area contributed by atoms with Crippen LogP contribution >= 0.6 is 0 Å². The number of fused-ring (bicyclic) bond motifs is 3. The van der Waals surface area contributed by atoms with Crippen LogP contribution in [0.15, 0.2) is 23.0 Å². The summed E-state index contributed by atoms with van der Waals surface area (Å²) >= 11 is 0. The Balaban J connectivity index is 1.85. The van der Waals surface area contributed by atoms with Crippen LogP contribution < -0.4 is 0 Å². The van der Waals surface area contributed by atoms with Crippen LogP contribution in [0.5, 0.6) is 0 Å². The summed E-state index contributed by atoms with van der Waals surface area (Å²) in [7, 11) is 2.11. The van der Waals surface area contributed by atoms with Gasteiger partial charge >= 0.3 is 0 Å². The largest absolute Gasteiger partial charge is 0.472 e. The standard InChI is InChI=1S/C13H18N2O3/c1-14-4-10-5-15(12(6-14)9-18-7-10)13(16)11-2-3-17-8-11/h2-3,8,10,12H,4-7,9H2,1H3/t10-,12-/m0/s1. The zero-order valence-corrected chi connectivity index (χ0v) is 10.5. The lowest BCUT2D eigenvalue weighted by Crippen LogP contribution is -2.45. The summed E-state index contributed by atoms with van der Waals surface area (Å²) in [5, 5.41) is 0. The number of hydrogen-bond acceptors (Lipinski definition) is 4. The molecule has 1 aromatic rings. The molecule has 5 heteroatoms. The van der Waals surface area contributed by atoms with Gasteiger partial charge in [0, 0.05) is 25.6 Å². The summed E-state index contributed by atoms with van der Waals surface area (Å²) in [6.07, 6.45) is 3.06. The monoisotopic (exact) mass is 250 g/mol. The number of carbonyl (C=O) groups is 1. The van der Waals surface area contributed by atoms with E-state index in [9.17, 15) is 4.79 Å². The van der Waals surface area contributed by atoms with E-state index >= 15 is 0 Å². The molecule has 2 atom stereocenters. The minimum Gasteiger partial charge on any atom is -0.472 e. The van der Waals surface area contributed by atoms with Crippen molar-refractivity contribution in [2.75, 3.05) is 39.9 Å². The van der Waals surface area contributed by atoms with Crippen LogP contribution in [-0.2, 0) is 4.74 Å². The van der Waals surface area contributed by atoms with Gasteiger partial charge in [0.2, 0.25) is 0 Å². The van der Waals surface area contributed by atoms with Crippen molar-refractivity contribution >= 4 is 5.91 Å². The Morgan fingerprint density at radius 3 is 3.00 bits per heavy atom. The van der Waals surface area contributed by atoms with Gasteiger partial charge in [0.05, 0.1) is 31.1 Å². The van der Waals surface area contributed by atoms with E-state index in [0.29, 0.717) is 18.1 Å². The van der Waals surface area contributed by atoms with E-state index in [4.69, 9.17) is 9.15 Å². The maximum atomic E-state index is 12.5. The molecule has 5 nitrogen and oxygen atoms in total. The molecule has 0 radical (unpaired) electrons. The Kier molecular flexibility index (Phi) is 3.09. The van der Waals surface area contributed by atoms with Crippen molar-refractivity contribution in [1.82, 2.24) is 9.80 Å². The van der Waals surface area contributed by atoms with Gasteiger partial charge < -0.3 is 19.0 Å². The number of nitrogens with zero attached hydrogens (tertiary/aromatic N) is 2. The molecule has 2 fully saturated rings. The molecule has 0 N–H and O–H groups in total. The van der Waals surface area contributed by atoms with Gasteiger partial charge in [0.25, 0.3) is 5.91 Å². The fraction of sp³-hybridized carbons (Fsp3) is 0.615. The zero-order valence-electron chi connectivity index (χ0n) is 10.5. The summed E-state index contributed by atoms with van der Waals surface area (Å²) in [6.45, 7) is 4.02. The van der Waals surface area contributed by atoms with E-state index in [1.807, 2.05) is 4.90 Å². The van der Waals surface area contributed by atoms with Gasteiger partial charge in [-0.2, -0.15) is 0 Å². The fourth-order valence-corrected chi connectivity index (χ4v) is 2.88. The third-order valence-corrected chi connectivity index (χ3v) is 3.68. The summed E-state index contributed by atoms with van der Waals surface area (Å²) in [6, 6.07) is 1.87. The second-order valence-corrected chi connectivity index (χ2v) is 5.25. The average molecular weight is 250 g/mol. The first-order valence-electron chi connectivity index (χ1n) is 6.33. The van der Waals surface area contributed by atoms with Crippen molar-refractivity contribution in [1.29, 1.82) is 0 Å². The molecule has 18 heavy (non-hydrogen) atoms. The molecule has 3 heterocycles. The Labute approximate surface area is 106 Å². The van der Waals surface area contributed by atoms with Crippen LogP contribution in [0.25, 0.3) is 0 Å². The van der Waals surface area contributed by atoms with E-state index in [0.717, 1.165) is 26.2 Å². The molecule has 2 aliphatic rings. The fourth-order valence-electron chi connectivity index (χ4n) is 2.88. The van der Waals surface area contributed by atoms with Crippen LogP contribution in [-0.4, -0.2) is 61.6 Å². The second-order valence-electron chi connectivity index (χ2n) is 5.25. The van der Waals surface area contributed by atoms with Gasteiger partial charge in [0.15, 0.2) is 0 Å². The quantitative estimate of drug-likeness (QED) is 0.735. The molecule has 0 aliphatic carbocycles. The molecule has 98 valence electrons. The van der Waals surface area contributed by atoms with Crippen LogP contribution in [0.2, 0.25) is 0 Å². The highest BCUT2D eigenvalue weighted by Gasteiger charge is 2.35. The van der Waals surface area contributed by atoms with Crippen molar-refractivity contribution < 1.29 is 13.9 Å². The van der Waals surface area contributed by atoms with Crippen molar-refractivity contribution in [3.8, 4) is 0 Å². The highest BCUT2D eigenvalue weighted by atomic mass is 16.5. The Morgan fingerprint density at radius 2 is 2.22 bits per heavy atom. The third kappa shape index (κ3) is 2.15. The SMILES string of the molecule is CN1C[C@@H]2COC[C@H](C1)N(C(=O)c1ccoc1)C2. The second kappa shape index (κ2) is 4.74. The molecule has 0 saturated carbocycles. The molecular formula is C13H18N2O3. The molecule has 1 aromatic heterocycles. The Morgan fingerprint density at radius 1 is 1.33 bits per heavy atom. The van der Waals surface area contributed by atoms with Crippen molar-refractivity contribution in [2.24, 2.45) is 5.92 Å². The summed E-state index contributed by atoms with van der Waals surface area (Å²) < 4.78 is 10.7. The van der Waals surface area contributed by atoms with E-state index in [-0.39, 0.29) is 11.9 Å². The number of rotatable bonds is 1. The number of furan rings is 1. The zero-order chi connectivity index (χ0) is 12.5. The van der Waals surface area contributed by atoms with Gasteiger partial charge in [0.1, 0.15) is 6.26 Å². The van der Waals surface area contributed by atoms with Crippen LogP contribution in [0.3, 0.4) is 0 Å². The van der Waals surface area contributed by atoms with Crippen LogP contribution in [0, 0.1) is 5.92 Å². The number of ether oxygens (including phenoxy) is 1. The van der Waals surface area contributed by atoms with Crippen molar-refractivity contribution in [3.05, 3.63) is 24.2 Å². The maximum absolute atomic E-state index is 12.5. The van der Waals surface area contributed by atoms with Crippen LogP contribution in [0.4, 0.5) is 0 Å². The lowest BCUT2D eigenvalue weighted by atomic mass is 10.1. The highest BCUT2D eigenvalue weighted by Crippen LogP contribution is 2.21. The first-order chi connectivity index (χ1) is 8.74. The van der Waals surface area contributed by atoms with E-state index < -0.39 is 0 Å². The minimum absolute atomic E-state index is 0.0551. The van der Waals surface area contributed by atoms with Gasteiger partial charge in [-0.05, 0) is 13.1 Å². The van der Waals surface area contributed by atoms with E-state index in [1.165, 1.54) is 6.26 Å². The van der Waals surface area contributed by atoms with Crippen LogP contribution in [0.1, 0.15) is 10.4 Å². The van der Waals surface area contributed by atoms with E-state index in [2.05, 4.69) is 11.9 Å². The Bertz CT molecular complexity index is 418. The minimum atomic E-state index is 0.0551. The number of hydrogen-bond donors (Lipinski definition) is 0. The topological polar surface area (TPSA) is 45.9 Å². The Hall–Kier alpha value is -1.33. The molecular weight excluding hydrogens is 232 g/mol. The normalized spacial score (nSPS) is 29.1. The summed E-state index contributed by atoms with van der Waals surface area (Å²) in [4.78, 5) is 16.7. The van der Waals surface area contributed by atoms with Gasteiger partial charge in [-0.25, -0.2) is 0 Å². The number of carbonyl (C=O) groups excluding carboxylic acids is 1. The maximum Gasteiger partial charge on any atom is 0.257 e. The predicted molar refractivity (Wildman–Crippen MR) is 65.3 cm³/mol. The third-order valence-electron chi connectivity index (χ3n) is 3.68. The molecule has 3 rings (SSSR count). The van der Waals surface area contributed by atoms with Gasteiger partial charge in [-0.3, -0.25) is 4.79 Å². The van der Waals surface area contributed by atoms with E-state index in [1.54, 1.807) is 12.3 Å². The number of likely N-dealkylation sites (N-methyl/N-ethyl adjacent to an activating group) is 1. The summed E-state index contributed by atoms with van der Waals surface area (Å²) in [5.41, 5.74) is 0.630. The first kappa shape index (κ1) is 11.7. The van der Waals surface area contributed by atoms with Gasteiger partial charge in [-0.15, -0.1) is 0 Å². The lowest BCUT2D eigenvalue weighted by molar-refractivity contribution is 0.0483. The predicted octanol–water partition coefficient (Wildman–Crippen LogP) is 0.682. The molecule has 2 aliphatic heterocycles. The molecule has 2 bridgehead atoms. The molecule has 2 saturated heterocycles. The average Bonchev–Trinajstić information content (AvgIpc) is 2.72. The smallest absolute Gasteiger partial charge is 0.257 e. The molecule has 0 spiro atoms. The van der Waals surface area contributed by atoms with Crippen molar-refractivity contribution in [3.63, 3.8) is 0 Å². The van der Waals surface area contributed by atoms with Crippen molar-refractivity contribution in [2.45, 2.75) is 6.04 Å². The number of amides is 1. The molecule has 0 unspecified atom stereocenters. The van der Waals surface area contributed by atoms with Gasteiger partial charge in [-0.1, -0.05) is 0 Å². The summed E-state index contributed by atoms with van der Waals surface area (Å²) in [5.74, 6) is 0.456. The molecule has 0 aromatic carbocycles. The lowest BCUT2D eigenvalue weighted by Gasteiger charge is -2.29.